The molecule has 68 valence electrons. The van der Waals surface area contributed by atoms with Gasteiger partial charge in [0.05, 0.1) is 11.7 Å². The lowest BCUT2D eigenvalue weighted by atomic mass is 10.1. The summed E-state index contributed by atoms with van der Waals surface area (Å²) >= 11 is 5.65. The molecule has 0 aliphatic heterocycles. The number of pyridine rings is 1. The maximum atomic E-state index is 5.65. The van der Waals surface area contributed by atoms with Crippen LogP contribution in [0.2, 0.25) is 0 Å². The predicted molar refractivity (Wildman–Crippen MR) is 55.1 cm³/mol. The van der Waals surface area contributed by atoms with Gasteiger partial charge in [0.15, 0.2) is 0 Å². The first-order valence-corrected chi connectivity index (χ1v) is 4.91. The summed E-state index contributed by atoms with van der Waals surface area (Å²) in [5.41, 5.74) is 2.44. The standard InChI is InChI=1S/C10H11ClN2/c11-4-1-2-8-6-13-10-7-12-5-3-9(8)10/h3,5-7,13H,1-2,4H2. The van der Waals surface area contributed by atoms with E-state index in [-0.39, 0.29) is 0 Å². The second-order valence-corrected chi connectivity index (χ2v) is 3.41. The van der Waals surface area contributed by atoms with E-state index in [4.69, 9.17) is 11.6 Å². The summed E-state index contributed by atoms with van der Waals surface area (Å²) in [5, 5.41) is 1.26. The summed E-state index contributed by atoms with van der Waals surface area (Å²) < 4.78 is 0. The van der Waals surface area contributed by atoms with Gasteiger partial charge in [-0.05, 0) is 24.5 Å². The van der Waals surface area contributed by atoms with Crippen molar-refractivity contribution < 1.29 is 0 Å². The number of rotatable bonds is 3. The molecule has 0 fully saturated rings. The highest BCUT2D eigenvalue weighted by molar-refractivity contribution is 6.17. The minimum absolute atomic E-state index is 0.720. The number of aromatic nitrogens is 2. The third-order valence-electron chi connectivity index (χ3n) is 2.15. The second-order valence-electron chi connectivity index (χ2n) is 3.03. The van der Waals surface area contributed by atoms with Crippen LogP contribution in [0, 0.1) is 0 Å². The van der Waals surface area contributed by atoms with Gasteiger partial charge in [-0.15, -0.1) is 11.6 Å². The number of fused-ring (bicyclic) bond motifs is 1. The molecule has 2 aromatic rings. The number of aromatic amines is 1. The van der Waals surface area contributed by atoms with Crippen LogP contribution in [0.5, 0.6) is 0 Å². The zero-order chi connectivity index (χ0) is 9.10. The van der Waals surface area contributed by atoms with E-state index in [0.29, 0.717) is 0 Å². The van der Waals surface area contributed by atoms with Gasteiger partial charge in [-0.2, -0.15) is 0 Å². The molecule has 0 aliphatic carbocycles. The Hall–Kier alpha value is -1.02. The number of nitrogens with one attached hydrogen (secondary N) is 1. The van der Waals surface area contributed by atoms with Crippen molar-refractivity contribution in [3.05, 3.63) is 30.2 Å². The number of aryl methyl sites for hydroxylation is 1. The van der Waals surface area contributed by atoms with Crippen LogP contribution in [0.1, 0.15) is 12.0 Å². The molecule has 3 heteroatoms. The maximum Gasteiger partial charge on any atom is 0.0643 e. The summed E-state index contributed by atoms with van der Waals surface area (Å²) in [6.45, 7) is 0. The van der Waals surface area contributed by atoms with E-state index in [9.17, 15) is 0 Å². The lowest BCUT2D eigenvalue weighted by Gasteiger charge is -1.95. The molecule has 0 saturated carbocycles. The van der Waals surface area contributed by atoms with Crippen LogP contribution >= 0.6 is 11.6 Å². The monoisotopic (exact) mass is 194 g/mol. The Morgan fingerprint density at radius 2 is 2.38 bits per heavy atom. The van der Waals surface area contributed by atoms with E-state index in [1.807, 2.05) is 24.7 Å². The van der Waals surface area contributed by atoms with Gasteiger partial charge >= 0.3 is 0 Å². The summed E-state index contributed by atoms with van der Waals surface area (Å²) in [5.74, 6) is 0.720. The second kappa shape index (κ2) is 3.79. The number of hydrogen-bond acceptors (Lipinski definition) is 1. The third-order valence-corrected chi connectivity index (χ3v) is 2.42. The zero-order valence-electron chi connectivity index (χ0n) is 7.26. The fraction of sp³-hybridized carbons (Fsp3) is 0.300. The van der Waals surface area contributed by atoms with Crippen molar-refractivity contribution in [2.45, 2.75) is 12.8 Å². The highest BCUT2D eigenvalue weighted by Crippen LogP contribution is 2.17. The molecule has 0 amide bonds. The molecule has 2 nitrogen and oxygen atoms in total. The topological polar surface area (TPSA) is 28.7 Å². The van der Waals surface area contributed by atoms with E-state index in [1.54, 1.807) is 0 Å². The van der Waals surface area contributed by atoms with Gasteiger partial charge in [0.1, 0.15) is 0 Å². The molecule has 0 bridgehead atoms. The van der Waals surface area contributed by atoms with Crippen LogP contribution in [0.3, 0.4) is 0 Å². The summed E-state index contributed by atoms with van der Waals surface area (Å²) in [6, 6.07) is 2.04. The average Bonchev–Trinajstić information content (AvgIpc) is 2.58. The number of halogens is 1. The SMILES string of the molecule is ClCCCc1c[nH]c2cnccc12. The molecule has 0 spiro atoms. The molecule has 2 heterocycles. The molecular weight excluding hydrogens is 184 g/mol. The van der Waals surface area contributed by atoms with Crippen LogP contribution in [0.25, 0.3) is 10.9 Å². The molecule has 0 atom stereocenters. The molecule has 0 radical (unpaired) electrons. The van der Waals surface area contributed by atoms with Crippen LogP contribution < -0.4 is 0 Å². The number of H-pyrrole nitrogens is 1. The van der Waals surface area contributed by atoms with E-state index < -0.39 is 0 Å². The van der Waals surface area contributed by atoms with Crippen LogP contribution in [-0.4, -0.2) is 15.8 Å². The van der Waals surface area contributed by atoms with E-state index >= 15 is 0 Å². The van der Waals surface area contributed by atoms with Crippen LogP contribution in [-0.2, 0) is 6.42 Å². The molecule has 0 aliphatic rings. The van der Waals surface area contributed by atoms with Gasteiger partial charge in [0, 0.05) is 23.7 Å². The first-order valence-electron chi connectivity index (χ1n) is 4.38. The van der Waals surface area contributed by atoms with Crippen molar-refractivity contribution in [2.75, 3.05) is 5.88 Å². The zero-order valence-corrected chi connectivity index (χ0v) is 8.01. The summed E-state index contributed by atoms with van der Waals surface area (Å²) in [7, 11) is 0. The van der Waals surface area contributed by atoms with Crippen molar-refractivity contribution in [1.82, 2.24) is 9.97 Å². The highest BCUT2D eigenvalue weighted by atomic mass is 35.5. The molecule has 2 aromatic heterocycles. The number of alkyl halides is 1. The Morgan fingerprint density at radius 3 is 3.23 bits per heavy atom. The molecule has 1 N–H and O–H groups in total. The first-order chi connectivity index (χ1) is 6.42. The van der Waals surface area contributed by atoms with E-state index in [0.717, 1.165) is 24.2 Å². The van der Waals surface area contributed by atoms with Gasteiger partial charge in [0.2, 0.25) is 0 Å². The van der Waals surface area contributed by atoms with Crippen LogP contribution in [0.4, 0.5) is 0 Å². The Kier molecular flexibility index (Phi) is 2.50. The predicted octanol–water partition coefficient (Wildman–Crippen LogP) is 2.73. The summed E-state index contributed by atoms with van der Waals surface area (Å²) in [6.07, 6.45) is 7.77. The van der Waals surface area contributed by atoms with Gasteiger partial charge in [-0.3, -0.25) is 4.98 Å². The number of nitrogens with zero attached hydrogens (tertiary/aromatic N) is 1. The number of hydrogen-bond donors (Lipinski definition) is 1. The van der Waals surface area contributed by atoms with Crippen molar-refractivity contribution in [3.63, 3.8) is 0 Å². The molecule has 0 aromatic carbocycles. The van der Waals surface area contributed by atoms with Crippen molar-refractivity contribution in [1.29, 1.82) is 0 Å². The fourth-order valence-corrected chi connectivity index (χ4v) is 1.63. The van der Waals surface area contributed by atoms with E-state index in [1.165, 1.54) is 10.9 Å². The molecule has 2 rings (SSSR count). The lowest BCUT2D eigenvalue weighted by molar-refractivity contribution is 0.936. The third kappa shape index (κ3) is 1.68. The van der Waals surface area contributed by atoms with Crippen LogP contribution in [0.15, 0.2) is 24.7 Å². The van der Waals surface area contributed by atoms with Gasteiger partial charge < -0.3 is 4.98 Å². The van der Waals surface area contributed by atoms with Crippen molar-refractivity contribution in [2.24, 2.45) is 0 Å². The normalized spacial score (nSPS) is 10.8. The largest absolute Gasteiger partial charge is 0.360 e. The average molecular weight is 195 g/mol. The minimum atomic E-state index is 0.720. The Balaban J connectivity index is 2.35. The Morgan fingerprint density at radius 1 is 1.46 bits per heavy atom. The lowest BCUT2D eigenvalue weighted by Crippen LogP contribution is -1.83. The molecule has 13 heavy (non-hydrogen) atoms. The van der Waals surface area contributed by atoms with Gasteiger partial charge in [-0.1, -0.05) is 0 Å². The minimum Gasteiger partial charge on any atom is -0.360 e. The fourth-order valence-electron chi connectivity index (χ4n) is 1.50. The molecule has 0 unspecified atom stereocenters. The maximum absolute atomic E-state index is 5.65. The van der Waals surface area contributed by atoms with Gasteiger partial charge in [0.25, 0.3) is 0 Å². The molecule has 0 saturated heterocycles. The Labute approximate surface area is 81.9 Å². The first kappa shape index (κ1) is 8.57. The van der Waals surface area contributed by atoms with Crippen molar-refractivity contribution >= 4 is 22.5 Å². The quantitative estimate of drug-likeness (QED) is 0.748. The molecular formula is C10H11ClN2. The van der Waals surface area contributed by atoms with Crippen molar-refractivity contribution in [3.8, 4) is 0 Å². The highest BCUT2D eigenvalue weighted by Gasteiger charge is 2.01. The smallest absolute Gasteiger partial charge is 0.0643 e. The van der Waals surface area contributed by atoms with Gasteiger partial charge in [-0.25, -0.2) is 0 Å². The summed E-state index contributed by atoms with van der Waals surface area (Å²) in [4.78, 5) is 7.24. The van der Waals surface area contributed by atoms with E-state index in [2.05, 4.69) is 9.97 Å². The Bertz CT molecular complexity index is 394.